The SMILES string of the molecule is COc1nc(S(C)(=O)=O)nc(OC)c1C. The molecule has 0 spiro atoms. The fraction of sp³-hybridized carbons (Fsp3) is 0.500. The first-order valence-corrected chi connectivity index (χ1v) is 5.96. The van der Waals surface area contributed by atoms with Crippen LogP contribution in [0.5, 0.6) is 11.8 Å². The molecule has 1 rings (SSSR count). The maximum atomic E-state index is 11.2. The summed E-state index contributed by atoms with van der Waals surface area (Å²) in [6, 6.07) is 0. The molecule has 0 radical (unpaired) electrons. The first-order valence-electron chi connectivity index (χ1n) is 4.06. The molecule has 0 bridgehead atoms. The van der Waals surface area contributed by atoms with Crippen LogP contribution in [-0.2, 0) is 9.84 Å². The van der Waals surface area contributed by atoms with E-state index < -0.39 is 9.84 Å². The van der Waals surface area contributed by atoms with Crippen LogP contribution in [0.1, 0.15) is 5.56 Å². The highest BCUT2D eigenvalue weighted by Gasteiger charge is 2.18. The summed E-state index contributed by atoms with van der Waals surface area (Å²) in [7, 11) is -0.660. The van der Waals surface area contributed by atoms with Gasteiger partial charge in [0.25, 0.3) is 5.16 Å². The molecule has 84 valence electrons. The van der Waals surface area contributed by atoms with E-state index in [1.165, 1.54) is 14.2 Å². The molecule has 0 aliphatic rings. The molecule has 6 nitrogen and oxygen atoms in total. The van der Waals surface area contributed by atoms with Crippen molar-refractivity contribution in [1.29, 1.82) is 0 Å². The molecule has 0 atom stereocenters. The van der Waals surface area contributed by atoms with Crippen molar-refractivity contribution >= 4 is 9.84 Å². The van der Waals surface area contributed by atoms with Crippen LogP contribution in [0.4, 0.5) is 0 Å². The van der Waals surface area contributed by atoms with Crippen LogP contribution in [0.3, 0.4) is 0 Å². The molecule has 15 heavy (non-hydrogen) atoms. The van der Waals surface area contributed by atoms with Crippen LogP contribution in [0.25, 0.3) is 0 Å². The Labute approximate surface area is 88.2 Å². The Morgan fingerprint density at radius 2 is 1.47 bits per heavy atom. The number of aromatic nitrogens is 2. The van der Waals surface area contributed by atoms with Gasteiger partial charge in [0.05, 0.1) is 19.8 Å². The molecule has 0 unspecified atom stereocenters. The van der Waals surface area contributed by atoms with Gasteiger partial charge in [0, 0.05) is 6.26 Å². The highest BCUT2D eigenvalue weighted by Crippen LogP contribution is 2.24. The average Bonchev–Trinajstić information content (AvgIpc) is 2.16. The second-order valence-corrected chi connectivity index (χ2v) is 4.83. The van der Waals surface area contributed by atoms with E-state index in [1.807, 2.05) is 0 Å². The Hall–Kier alpha value is -1.37. The summed E-state index contributed by atoms with van der Waals surface area (Å²) in [5.74, 6) is 0.393. The number of hydrogen-bond donors (Lipinski definition) is 0. The van der Waals surface area contributed by atoms with E-state index >= 15 is 0 Å². The van der Waals surface area contributed by atoms with E-state index in [0.29, 0.717) is 5.56 Å². The molecule has 0 amide bonds. The van der Waals surface area contributed by atoms with Crippen LogP contribution in [0.2, 0.25) is 0 Å². The van der Waals surface area contributed by atoms with E-state index in [1.54, 1.807) is 6.92 Å². The topological polar surface area (TPSA) is 78.4 Å². The van der Waals surface area contributed by atoms with Crippen molar-refractivity contribution < 1.29 is 17.9 Å². The van der Waals surface area contributed by atoms with Crippen molar-refractivity contribution in [2.45, 2.75) is 12.1 Å². The zero-order valence-corrected chi connectivity index (χ0v) is 9.75. The third kappa shape index (κ3) is 2.35. The maximum Gasteiger partial charge on any atom is 0.253 e. The summed E-state index contributed by atoms with van der Waals surface area (Å²) in [5.41, 5.74) is 0.562. The fourth-order valence-corrected chi connectivity index (χ4v) is 1.52. The van der Waals surface area contributed by atoms with Gasteiger partial charge in [-0.05, 0) is 6.92 Å². The van der Waals surface area contributed by atoms with Crippen molar-refractivity contribution in [2.75, 3.05) is 20.5 Å². The lowest BCUT2D eigenvalue weighted by molar-refractivity contribution is 0.357. The number of nitrogens with zero attached hydrogens (tertiary/aromatic N) is 2. The van der Waals surface area contributed by atoms with E-state index in [0.717, 1.165) is 6.26 Å². The van der Waals surface area contributed by atoms with Gasteiger partial charge in [0.2, 0.25) is 21.6 Å². The van der Waals surface area contributed by atoms with Crippen LogP contribution < -0.4 is 9.47 Å². The van der Waals surface area contributed by atoms with Crippen molar-refractivity contribution in [3.63, 3.8) is 0 Å². The molecule has 0 saturated heterocycles. The number of rotatable bonds is 3. The van der Waals surface area contributed by atoms with Crippen LogP contribution in [0.15, 0.2) is 5.16 Å². The zero-order valence-electron chi connectivity index (χ0n) is 8.94. The Balaban J connectivity index is 3.47. The van der Waals surface area contributed by atoms with Crippen molar-refractivity contribution in [3.8, 4) is 11.8 Å². The van der Waals surface area contributed by atoms with Gasteiger partial charge >= 0.3 is 0 Å². The average molecular weight is 232 g/mol. The summed E-state index contributed by atoms with van der Waals surface area (Å²) in [6.45, 7) is 1.68. The van der Waals surface area contributed by atoms with Gasteiger partial charge in [-0.1, -0.05) is 0 Å². The molecular weight excluding hydrogens is 220 g/mol. The highest BCUT2D eigenvalue weighted by molar-refractivity contribution is 7.90. The standard InChI is InChI=1S/C8H12N2O4S/c1-5-6(13-2)9-8(15(4,11)12)10-7(5)14-3/h1-4H3. The molecule has 0 saturated carbocycles. The smallest absolute Gasteiger partial charge is 0.253 e. The minimum absolute atomic E-state index is 0.197. The molecule has 7 heteroatoms. The van der Waals surface area contributed by atoms with E-state index in [9.17, 15) is 8.42 Å². The lowest BCUT2D eigenvalue weighted by Gasteiger charge is -2.08. The lowest BCUT2D eigenvalue weighted by atomic mass is 10.3. The van der Waals surface area contributed by atoms with E-state index in [4.69, 9.17) is 9.47 Å². The summed E-state index contributed by atoms with van der Waals surface area (Å²) in [4.78, 5) is 7.54. The zero-order chi connectivity index (χ0) is 11.6. The van der Waals surface area contributed by atoms with Crippen molar-refractivity contribution in [3.05, 3.63) is 5.56 Å². The molecule has 0 aliphatic heterocycles. The minimum atomic E-state index is -3.47. The third-order valence-electron chi connectivity index (χ3n) is 1.75. The molecular formula is C8H12N2O4S. The summed E-state index contributed by atoms with van der Waals surface area (Å²) >= 11 is 0. The molecule has 1 heterocycles. The fourth-order valence-electron chi connectivity index (χ4n) is 1.02. The Morgan fingerprint density at radius 3 is 1.73 bits per heavy atom. The lowest BCUT2D eigenvalue weighted by Crippen LogP contribution is -2.08. The maximum absolute atomic E-state index is 11.2. The first-order chi connectivity index (χ1) is 6.90. The monoisotopic (exact) mass is 232 g/mol. The van der Waals surface area contributed by atoms with Gasteiger partial charge in [-0.2, -0.15) is 9.97 Å². The van der Waals surface area contributed by atoms with Gasteiger partial charge in [-0.3, -0.25) is 0 Å². The van der Waals surface area contributed by atoms with Gasteiger partial charge in [-0.25, -0.2) is 8.42 Å². The summed E-state index contributed by atoms with van der Waals surface area (Å²) in [6.07, 6.45) is 1.02. The van der Waals surface area contributed by atoms with Gasteiger partial charge in [0.1, 0.15) is 0 Å². The molecule has 0 aromatic carbocycles. The van der Waals surface area contributed by atoms with E-state index in [2.05, 4.69) is 9.97 Å². The summed E-state index contributed by atoms with van der Waals surface area (Å²) in [5, 5.41) is -0.304. The predicted molar refractivity (Wildman–Crippen MR) is 53.0 cm³/mol. The third-order valence-corrected chi connectivity index (χ3v) is 2.60. The molecule has 1 aromatic rings. The molecule has 0 aliphatic carbocycles. The summed E-state index contributed by atoms with van der Waals surface area (Å²) < 4.78 is 32.3. The molecule has 0 fully saturated rings. The van der Waals surface area contributed by atoms with Gasteiger partial charge < -0.3 is 9.47 Å². The Bertz CT molecular complexity index is 445. The van der Waals surface area contributed by atoms with Gasteiger partial charge in [0.15, 0.2) is 0 Å². The van der Waals surface area contributed by atoms with Crippen molar-refractivity contribution in [2.24, 2.45) is 0 Å². The number of hydrogen-bond acceptors (Lipinski definition) is 6. The Morgan fingerprint density at radius 1 is 1.07 bits per heavy atom. The second-order valence-electron chi connectivity index (χ2n) is 2.92. The number of sulfone groups is 1. The highest BCUT2D eigenvalue weighted by atomic mass is 32.2. The minimum Gasteiger partial charge on any atom is -0.481 e. The first kappa shape index (κ1) is 11.7. The van der Waals surface area contributed by atoms with Crippen LogP contribution >= 0.6 is 0 Å². The second kappa shape index (κ2) is 4.01. The Kier molecular flexibility index (Phi) is 3.13. The van der Waals surface area contributed by atoms with E-state index in [-0.39, 0.29) is 16.9 Å². The molecule has 0 N–H and O–H groups in total. The van der Waals surface area contributed by atoms with Crippen molar-refractivity contribution in [1.82, 2.24) is 9.97 Å². The number of ether oxygens (including phenoxy) is 2. The normalized spacial score (nSPS) is 11.2. The van der Waals surface area contributed by atoms with Gasteiger partial charge in [-0.15, -0.1) is 0 Å². The predicted octanol–water partition coefficient (Wildman–Crippen LogP) is 0.206. The quantitative estimate of drug-likeness (QED) is 0.693. The molecule has 1 aromatic heterocycles. The van der Waals surface area contributed by atoms with Crippen LogP contribution in [-0.4, -0.2) is 38.9 Å². The van der Waals surface area contributed by atoms with Crippen LogP contribution in [0, 0.1) is 6.92 Å². The largest absolute Gasteiger partial charge is 0.481 e. The number of methoxy groups -OCH3 is 2.